The maximum absolute atomic E-state index is 13.5. The minimum absolute atomic E-state index is 0.0358. The minimum Gasteiger partial charge on any atom is -0.465 e. The fourth-order valence-electron chi connectivity index (χ4n) is 9.02. The van der Waals surface area contributed by atoms with E-state index in [9.17, 15) is 43.2 Å². The van der Waals surface area contributed by atoms with Gasteiger partial charge in [-0.05, 0) is 154 Å². The molecule has 0 aliphatic rings. The molecule has 4 atom stereocenters. The SMILES string of the molecule is C=C(C)C(=O)OCC(C)OC(=O)Cc1ccc(Cc2ccc(CC(=O)OCC(CC)(COC(=O)Nc3ccc(Cc4ccc(CC(=O)OC(C)COC(=O)C(=C)C)cc4)cc3)COC(=O)Nc3ccc(Cc4ccc(NC(=O)OC(C)COC(=O)C(=C)C)cc4)cc3)cc2)cc1. The van der Waals surface area contributed by atoms with E-state index in [1.165, 1.54) is 20.8 Å². The monoisotopic (exact) mass is 1310 g/mol. The Balaban J connectivity index is 1.02. The lowest BCUT2D eigenvalue weighted by Crippen LogP contribution is -2.40. The van der Waals surface area contributed by atoms with E-state index in [0.717, 1.165) is 44.5 Å². The van der Waals surface area contributed by atoms with Gasteiger partial charge in [-0.1, -0.05) is 136 Å². The van der Waals surface area contributed by atoms with Crippen LogP contribution in [0.3, 0.4) is 0 Å². The molecule has 96 heavy (non-hydrogen) atoms. The molecule has 0 aromatic heterocycles. The van der Waals surface area contributed by atoms with Gasteiger partial charge in [0.2, 0.25) is 0 Å². The van der Waals surface area contributed by atoms with E-state index in [1.54, 1.807) is 64.1 Å². The van der Waals surface area contributed by atoms with Gasteiger partial charge in [-0.15, -0.1) is 0 Å². The van der Waals surface area contributed by atoms with Crippen LogP contribution in [0.1, 0.15) is 105 Å². The molecule has 21 heteroatoms. The van der Waals surface area contributed by atoms with E-state index in [1.807, 2.05) is 109 Å². The van der Waals surface area contributed by atoms with Crippen molar-refractivity contribution >= 4 is 71.2 Å². The summed E-state index contributed by atoms with van der Waals surface area (Å²) < 4.78 is 48.6. The molecule has 0 saturated heterocycles. The van der Waals surface area contributed by atoms with Crippen molar-refractivity contribution in [1.29, 1.82) is 0 Å². The van der Waals surface area contributed by atoms with Gasteiger partial charge < -0.3 is 42.6 Å². The second-order valence-electron chi connectivity index (χ2n) is 23.6. The highest BCUT2D eigenvalue weighted by Crippen LogP contribution is 2.27. The standard InChI is InChI=1S/C75H83N3O18/c1-11-75(45-91-66(79)39-60-18-12-54(13-19-60)36-55-14-20-61(21-15-55)40-67(80)94-51(8)42-88-69(82)48(2)3,46-92-72(85)76-63-30-24-57(25-31-63)37-56-16-22-62(23-17-56)41-68(81)95-52(9)43-89-70(83)49(4)5)47-93-73(86)77-64-32-26-58(27-33-64)38-59-28-34-65(35-29-59)78-74(87)96-53(10)44-90-71(84)50(6)7/h12-35,51-53H,2,4,6,11,36-47H2,1,3,5,7-10H3,(H,76,85)(H,77,86)(H,78,87). The summed E-state index contributed by atoms with van der Waals surface area (Å²) in [5, 5.41) is 8.13. The number of anilines is 3. The zero-order valence-electron chi connectivity index (χ0n) is 55.3. The van der Waals surface area contributed by atoms with Gasteiger partial charge in [0, 0.05) is 33.8 Å². The molecular formula is C75H83N3O18. The van der Waals surface area contributed by atoms with E-state index >= 15 is 0 Å². The lowest BCUT2D eigenvalue weighted by Gasteiger charge is -2.31. The third-order valence-electron chi connectivity index (χ3n) is 14.6. The highest BCUT2D eigenvalue weighted by atomic mass is 16.6. The predicted molar refractivity (Wildman–Crippen MR) is 360 cm³/mol. The summed E-state index contributed by atoms with van der Waals surface area (Å²) in [5.41, 5.74) is 8.88. The van der Waals surface area contributed by atoms with Crippen molar-refractivity contribution in [2.24, 2.45) is 5.41 Å². The van der Waals surface area contributed by atoms with Gasteiger partial charge in [-0.2, -0.15) is 0 Å². The summed E-state index contributed by atoms with van der Waals surface area (Å²) in [5.74, 6) is -3.16. The molecule has 3 N–H and O–H groups in total. The lowest BCUT2D eigenvalue weighted by molar-refractivity contribution is -0.155. The van der Waals surface area contributed by atoms with Crippen molar-refractivity contribution in [2.75, 3.05) is 55.6 Å². The zero-order valence-corrected chi connectivity index (χ0v) is 55.3. The Morgan fingerprint density at radius 3 is 0.885 bits per heavy atom. The summed E-state index contributed by atoms with van der Waals surface area (Å²) in [4.78, 5) is 113. The van der Waals surface area contributed by atoms with Crippen LogP contribution in [0.25, 0.3) is 0 Å². The van der Waals surface area contributed by atoms with Gasteiger partial charge in [0.05, 0.1) is 24.7 Å². The Morgan fingerprint density at radius 1 is 0.344 bits per heavy atom. The number of nitrogens with one attached hydrogen (secondary N) is 3. The molecule has 0 saturated carbocycles. The Kier molecular flexibility index (Phi) is 28.7. The van der Waals surface area contributed by atoms with Gasteiger partial charge >= 0.3 is 54.1 Å². The van der Waals surface area contributed by atoms with Crippen LogP contribution in [-0.4, -0.2) is 112 Å². The number of amides is 3. The van der Waals surface area contributed by atoms with Crippen LogP contribution < -0.4 is 16.0 Å². The topological polar surface area (TPSA) is 273 Å². The molecule has 6 rings (SSSR count). The molecule has 3 amide bonds. The summed E-state index contributed by atoms with van der Waals surface area (Å²) in [6.45, 7) is 20.7. The van der Waals surface area contributed by atoms with Gasteiger partial charge in [-0.3, -0.25) is 30.3 Å². The van der Waals surface area contributed by atoms with Crippen molar-refractivity contribution in [3.63, 3.8) is 0 Å². The van der Waals surface area contributed by atoms with Crippen LogP contribution in [0.2, 0.25) is 0 Å². The average molecular weight is 1310 g/mol. The quantitative estimate of drug-likeness (QED) is 0.0192. The lowest BCUT2D eigenvalue weighted by atomic mass is 9.88. The fraction of sp³-hybridized carbons (Fsp3) is 0.320. The van der Waals surface area contributed by atoms with Gasteiger partial charge in [0.1, 0.15) is 58.0 Å². The number of hydrogen-bond acceptors (Lipinski definition) is 18. The fourth-order valence-corrected chi connectivity index (χ4v) is 9.02. The first-order chi connectivity index (χ1) is 45.8. The predicted octanol–water partition coefficient (Wildman–Crippen LogP) is 12.7. The maximum Gasteiger partial charge on any atom is 0.412 e. The van der Waals surface area contributed by atoms with Crippen LogP contribution >= 0.6 is 0 Å². The molecule has 6 aromatic rings. The van der Waals surface area contributed by atoms with Gasteiger partial charge in [0.25, 0.3) is 0 Å². The third kappa shape index (κ3) is 26.6. The summed E-state index contributed by atoms with van der Waals surface area (Å²) >= 11 is 0. The minimum atomic E-state index is -1.18. The van der Waals surface area contributed by atoms with Crippen LogP contribution in [0.4, 0.5) is 31.4 Å². The summed E-state index contributed by atoms with van der Waals surface area (Å²) in [6, 6.07) is 44.0. The number of hydrogen-bond donors (Lipinski definition) is 3. The molecular weight excluding hydrogens is 1230 g/mol. The van der Waals surface area contributed by atoms with Crippen molar-refractivity contribution in [3.8, 4) is 0 Å². The Bertz CT molecular complexity index is 3300. The van der Waals surface area contributed by atoms with E-state index in [2.05, 4.69) is 35.7 Å². The summed E-state index contributed by atoms with van der Waals surface area (Å²) in [7, 11) is 0. The second kappa shape index (κ2) is 37.2. The summed E-state index contributed by atoms with van der Waals surface area (Å²) in [6.07, 6.45) is -2.32. The van der Waals surface area contributed by atoms with E-state index in [4.69, 9.17) is 42.6 Å². The molecule has 21 nitrogen and oxygen atoms in total. The number of benzene rings is 6. The molecule has 0 fully saturated rings. The molecule has 0 heterocycles. The number of rotatable bonds is 34. The van der Waals surface area contributed by atoms with Crippen LogP contribution in [0, 0.1) is 5.41 Å². The van der Waals surface area contributed by atoms with Crippen molar-refractivity contribution < 1.29 is 85.8 Å². The molecule has 0 aliphatic carbocycles. The molecule has 0 spiro atoms. The highest BCUT2D eigenvalue weighted by Gasteiger charge is 2.35. The first-order valence-corrected chi connectivity index (χ1v) is 31.2. The van der Waals surface area contributed by atoms with E-state index in [-0.39, 0.29) is 82.0 Å². The second-order valence-corrected chi connectivity index (χ2v) is 23.6. The van der Waals surface area contributed by atoms with Crippen LogP contribution in [0.15, 0.2) is 182 Å². The van der Waals surface area contributed by atoms with E-state index in [0.29, 0.717) is 41.9 Å². The van der Waals surface area contributed by atoms with E-state index < -0.39 is 77.8 Å². The molecule has 0 aliphatic heterocycles. The first kappa shape index (κ1) is 74.2. The van der Waals surface area contributed by atoms with Crippen molar-refractivity contribution in [2.45, 2.75) is 112 Å². The number of ether oxygens (including phenoxy) is 9. The number of esters is 6. The first-order valence-electron chi connectivity index (χ1n) is 31.2. The smallest absolute Gasteiger partial charge is 0.412 e. The normalized spacial score (nSPS) is 12.3. The molecule has 6 aromatic carbocycles. The Hall–Kier alpha value is -10.8. The number of carbonyl (C=O) groups excluding carboxylic acids is 9. The van der Waals surface area contributed by atoms with Crippen LogP contribution in [0.5, 0.6) is 0 Å². The molecule has 506 valence electrons. The molecule has 0 radical (unpaired) electrons. The largest absolute Gasteiger partial charge is 0.465 e. The van der Waals surface area contributed by atoms with Crippen LogP contribution in [-0.2, 0) is 110 Å². The van der Waals surface area contributed by atoms with Crippen molar-refractivity contribution in [3.05, 3.63) is 232 Å². The maximum atomic E-state index is 13.5. The third-order valence-corrected chi connectivity index (χ3v) is 14.6. The van der Waals surface area contributed by atoms with Gasteiger partial charge in [0.15, 0.2) is 0 Å². The average Bonchev–Trinajstić information content (AvgIpc) is 1.67. The number of carbonyl (C=O) groups is 9. The zero-order chi connectivity index (χ0) is 69.7. The Morgan fingerprint density at radius 2 is 0.594 bits per heavy atom. The van der Waals surface area contributed by atoms with Gasteiger partial charge in [-0.25, -0.2) is 28.8 Å². The molecule has 4 unspecified atom stereocenters. The Labute approximate surface area is 559 Å². The molecule has 0 bridgehead atoms. The van der Waals surface area contributed by atoms with Crippen molar-refractivity contribution in [1.82, 2.24) is 0 Å². The highest BCUT2D eigenvalue weighted by molar-refractivity contribution is 5.89.